The van der Waals surface area contributed by atoms with Gasteiger partial charge in [0, 0.05) is 10.6 Å². The number of rotatable bonds is 3. The number of hydrogen-bond acceptors (Lipinski definition) is 4. The zero-order chi connectivity index (χ0) is 19.9. The highest BCUT2D eigenvalue weighted by atomic mass is 35.5. The topological polar surface area (TPSA) is 62.9 Å². The van der Waals surface area contributed by atoms with Gasteiger partial charge in [-0.3, -0.25) is 9.59 Å². The summed E-state index contributed by atoms with van der Waals surface area (Å²) in [6.45, 7) is 1.98. The zero-order valence-electron chi connectivity index (χ0n) is 15.8. The summed E-state index contributed by atoms with van der Waals surface area (Å²) in [5.41, 5.74) is 2.14. The molecule has 1 saturated heterocycles. The molecule has 2 bridgehead atoms. The lowest BCUT2D eigenvalue weighted by molar-refractivity contribution is -0.141. The van der Waals surface area contributed by atoms with E-state index in [0.29, 0.717) is 16.5 Å². The largest absolute Gasteiger partial charge is 0.455 e. The van der Waals surface area contributed by atoms with E-state index in [-0.39, 0.29) is 40.9 Å². The van der Waals surface area contributed by atoms with E-state index >= 15 is 0 Å². The van der Waals surface area contributed by atoms with Crippen LogP contribution in [0.4, 0.5) is 0 Å². The monoisotopic (exact) mass is 406 g/mol. The van der Waals surface area contributed by atoms with Crippen LogP contribution in [0.25, 0.3) is 11.3 Å². The van der Waals surface area contributed by atoms with Crippen molar-refractivity contribution in [2.45, 2.75) is 19.8 Å². The van der Waals surface area contributed by atoms with Gasteiger partial charge in [-0.2, -0.15) is 10.1 Å². The molecule has 2 heterocycles. The van der Waals surface area contributed by atoms with Crippen LogP contribution >= 0.6 is 11.6 Å². The number of furan rings is 1. The van der Waals surface area contributed by atoms with E-state index in [0.717, 1.165) is 29.0 Å². The highest BCUT2D eigenvalue weighted by molar-refractivity contribution is 6.30. The fraction of sp³-hybridized carbons (Fsp3) is 0.348. The van der Waals surface area contributed by atoms with Gasteiger partial charge in [-0.15, -0.1) is 0 Å². The van der Waals surface area contributed by atoms with Crippen molar-refractivity contribution >= 4 is 29.6 Å². The molecular formula is C23H19ClN2O3. The Labute approximate surface area is 173 Å². The normalized spacial score (nSPS) is 30.9. The van der Waals surface area contributed by atoms with Crippen molar-refractivity contribution in [1.82, 2.24) is 5.01 Å². The minimum Gasteiger partial charge on any atom is -0.455 e. The SMILES string of the molecule is Cc1ccc(Cl)cc1-c1ccc(/C=N\N2C(=O)[C@H]3[C@H](C2=O)[C@H]2C=C[C@H]3C23CC3)o1. The number of hydrogen-bond donors (Lipinski definition) is 0. The maximum absolute atomic E-state index is 12.9. The first-order valence-electron chi connectivity index (χ1n) is 9.96. The number of halogens is 1. The summed E-state index contributed by atoms with van der Waals surface area (Å²) < 4.78 is 5.86. The number of aryl methyl sites for hydroxylation is 1. The minimum absolute atomic E-state index is 0.170. The van der Waals surface area contributed by atoms with Gasteiger partial charge in [0.25, 0.3) is 11.8 Å². The fourth-order valence-corrected chi connectivity index (χ4v) is 5.89. The van der Waals surface area contributed by atoms with Crippen LogP contribution in [-0.4, -0.2) is 23.0 Å². The van der Waals surface area contributed by atoms with Gasteiger partial charge in [-0.05, 0) is 66.8 Å². The Kier molecular flexibility index (Phi) is 3.38. The van der Waals surface area contributed by atoms with Crippen molar-refractivity contribution < 1.29 is 14.0 Å². The summed E-state index contributed by atoms with van der Waals surface area (Å²) in [7, 11) is 0. The summed E-state index contributed by atoms with van der Waals surface area (Å²) in [6.07, 6.45) is 8.02. The number of carbonyl (C=O) groups excluding carboxylic acids is 2. The second-order valence-electron chi connectivity index (χ2n) is 8.62. The van der Waals surface area contributed by atoms with E-state index in [1.807, 2.05) is 31.2 Å². The lowest BCUT2D eigenvalue weighted by Gasteiger charge is -2.18. The van der Waals surface area contributed by atoms with E-state index in [1.165, 1.54) is 6.21 Å². The van der Waals surface area contributed by atoms with Crippen LogP contribution in [0.3, 0.4) is 0 Å². The molecule has 1 aromatic carbocycles. The van der Waals surface area contributed by atoms with Gasteiger partial charge in [0.15, 0.2) is 0 Å². The molecule has 4 atom stereocenters. The van der Waals surface area contributed by atoms with Crippen molar-refractivity contribution in [2.75, 3.05) is 0 Å². The molecule has 6 rings (SSSR count). The molecule has 0 N–H and O–H groups in total. The Balaban J connectivity index is 1.25. The predicted molar refractivity (Wildman–Crippen MR) is 108 cm³/mol. The Bertz CT molecular complexity index is 1090. The number of benzene rings is 1. The first-order chi connectivity index (χ1) is 14.0. The number of allylic oxidation sites excluding steroid dienone is 2. The zero-order valence-corrected chi connectivity index (χ0v) is 16.6. The van der Waals surface area contributed by atoms with Gasteiger partial charge >= 0.3 is 0 Å². The van der Waals surface area contributed by atoms with Gasteiger partial charge in [-0.25, -0.2) is 0 Å². The van der Waals surface area contributed by atoms with E-state index in [9.17, 15) is 9.59 Å². The first-order valence-corrected chi connectivity index (χ1v) is 10.3. The number of nitrogens with zero attached hydrogens (tertiary/aromatic N) is 2. The Morgan fingerprint density at radius 3 is 2.45 bits per heavy atom. The van der Waals surface area contributed by atoms with E-state index < -0.39 is 0 Å². The highest BCUT2D eigenvalue weighted by Gasteiger charge is 2.73. The smallest absolute Gasteiger partial charge is 0.254 e. The van der Waals surface area contributed by atoms with Crippen LogP contribution in [-0.2, 0) is 9.59 Å². The quantitative estimate of drug-likeness (QED) is 0.430. The molecule has 2 saturated carbocycles. The molecule has 2 amide bonds. The molecule has 3 fully saturated rings. The van der Waals surface area contributed by atoms with Crippen LogP contribution in [0.5, 0.6) is 0 Å². The number of hydrazone groups is 1. The molecule has 5 nitrogen and oxygen atoms in total. The van der Waals surface area contributed by atoms with Gasteiger partial charge in [0.2, 0.25) is 0 Å². The van der Waals surface area contributed by atoms with Crippen molar-refractivity contribution in [3.8, 4) is 11.3 Å². The first kappa shape index (κ1) is 17.2. The second-order valence-corrected chi connectivity index (χ2v) is 9.05. The lowest BCUT2D eigenvalue weighted by Crippen LogP contribution is -2.30. The van der Waals surface area contributed by atoms with E-state index in [1.54, 1.807) is 6.07 Å². The average Bonchev–Trinajstić information content (AvgIpc) is 2.99. The van der Waals surface area contributed by atoms with Crippen LogP contribution in [0.2, 0.25) is 5.02 Å². The molecule has 146 valence electrons. The minimum atomic E-state index is -0.238. The molecule has 1 spiro atoms. The third kappa shape index (κ3) is 2.25. The summed E-state index contributed by atoms with van der Waals surface area (Å²) >= 11 is 6.10. The molecule has 4 aliphatic rings. The maximum Gasteiger partial charge on any atom is 0.254 e. The van der Waals surface area contributed by atoms with Crippen LogP contribution in [0.1, 0.15) is 24.2 Å². The van der Waals surface area contributed by atoms with Crippen LogP contribution in [0.15, 0.2) is 52.0 Å². The molecule has 2 aromatic rings. The van der Waals surface area contributed by atoms with Crippen molar-refractivity contribution in [3.63, 3.8) is 0 Å². The summed E-state index contributed by atoms with van der Waals surface area (Å²) in [6, 6.07) is 9.23. The number of amides is 2. The Morgan fingerprint density at radius 1 is 1.10 bits per heavy atom. The van der Waals surface area contributed by atoms with Gasteiger partial charge in [0.05, 0.1) is 18.1 Å². The summed E-state index contributed by atoms with van der Waals surface area (Å²) in [5, 5.41) is 5.90. The fourth-order valence-electron chi connectivity index (χ4n) is 5.72. The lowest BCUT2D eigenvalue weighted by atomic mass is 9.85. The van der Waals surface area contributed by atoms with Gasteiger partial charge in [0.1, 0.15) is 11.5 Å². The molecular weight excluding hydrogens is 388 g/mol. The maximum atomic E-state index is 12.9. The molecule has 0 radical (unpaired) electrons. The third-order valence-electron chi connectivity index (χ3n) is 7.22. The Morgan fingerprint density at radius 2 is 1.79 bits per heavy atom. The Hall–Kier alpha value is -2.66. The molecule has 6 heteroatoms. The molecule has 3 aliphatic carbocycles. The summed E-state index contributed by atoms with van der Waals surface area (Å²) in [5.74, 6) is 0.743. The van der Waals surface area contributed by atoms with Gasteiger partial charge < -0.3 is 4.42 Å². The second kappa shape index (κ2) is 5.70. The number of fused-ring (bicyclic) bond motifs is 3. The molecule has 29 heavy (non-hydrogen) atoms. The van der Waals surface area contributed by atoms with Crippen LogP contribution < -0.4 is 0 Å². The van der Waals surface area contributed by atoms with Crippen molar-refractivity contribution in [2.24, 2.45) is 34.2 Å². The standard InChI is InChI=1S/C23H19ClN2O3/c1-12-2-3-13(24)10-15(12)18-7-4-14(29-18)11-25-26-21(27)19-16-5-6-17(20(19)22(26)28)23(16)8-9-23/h2-7,10-11,16-17,19-20H,8-9H2,1H3/b25-11-/t16-,17-,19-,20-/m1/s1. The predicted octanol–water partition coefficient (Wildman–Crippen LogP) is 4.44. The number of imide groups is 1. The highest BCUT2D eigenvalue weighted by Crippen LogP contribution is 2.73. The molecule has 0 unspecified atom stereocenters. The van der Waals surface area contributed by atoms with E-state index in [2.05, 4.69) is 17.3 Å². The third-order valence-corrected chi connectivity index (χ3v) is 7.46. The molecule has 1 aliphatic heterocycles. The van der Waals surface area contributed by atoms with Gasteiger partial charge in [-0.1, -0.05) is 29.8 Å². The number of carbonyl (C=O) groups is 2. The van der Waals surface area contributed by atoms with E-state index in [4.69, 9.17) is 16.0 Å². The van der Waals surface area contributed by atoms with Crippen LogP contribution in [0, 0.1) is 36.0 Å². The molecule has 1 aromatic heterocycles. The average molecular weight is 407 g/mol. The van der Waals surface area contributed by atoms with Crippen molar-refractivity contribution in [1.29, 1.82) is 0 Å². The van der Waals surface area contributed by atoms with Crippen molar-refractivity contribution in [3.05, 3.63) is 58.8 Å². The summed E-state index contributed by atoms with van der Waals surface area (Å²) in [4.78, 5) is 25.9.